The van der Waals surface area contributed by atoms with Crippen LogP contribution in [0.2, 0.25) is 0 Å². The van der Waals surface area contributed by atoms with Crippen LogP contribution in [0.4, 0.5) is 5.82 Å². The monoisotopic (exact) mass is 410 g/mol. The summed E-state index contributed by atoms with van der Waals surface area (Å²) < 4.78 is 0. The first-order chi connectivity index (χ1) is 14.5. The summed E-state index contributed by atoms with van der Waals surface area (Å²) in [5.74, 6) is 2.73. The predicted molar refractivity (Wildman–Crippen MR) is 128 cm³/mol. The van der Waals surface area contributed by atoms with E-state index >= 15 is 0 Å². The van der Waals surface area contributed by atoms with E-state index in [0.29, 0.717) is 6.54 Å². The van der Waals surface area contributed by atoms with Gasteiger partial charge in [0.05, 0.1) is 12.1 Å². The van der Waals surface area contributed by atoms with E-state index in [1.807, 2.05) is 20.2 Å². The number of guanidine groups is 1. The van der Waals surface area contributed by atoms with E-state index < -0.39 is 0 Å². The summed E-state index contributed by atoms with van der Waals surface area (Å²) in [4.78, 5) is 16.8. The summed E-state index contributed by atoms with van der Waals surface area (Å²) in [5, 5.41) is 4.70. The van der Waals surface area contributed by atoms with Crippen LogP contribution in [-0.4, -0.2) is 74.1 Å². The van der Waals surface area contributed by atoms with Crippen LogP contribution in [0.15, 0.2) is 35.3 Å². The van der Waals surface area contributed by atoms with Crippen LogP contribution in [0.1, 0.15) is 32.8 Å². The Kier molecular flexibility index (Phi) is 7.91. The van der Waals surface area contributed by atoms with Crippen LogP contribution in [0, 0.1) is 5.92 Å². The third-order valence-corrected chi connectivity index (χ3v) is 5.98. The number of likely N-dealkylation sites (tertiary alicyclic amines) is 1. The fourth-order valence-electron chi connectivity index (χ4n) is 4.20. The Labute approximate surface area is 182 Å². The lowest BCUT2D eigenvalue weighted by Gasteiger charge is -2.24. The maximum absolute atomic E-state index is 5.04. The molecule has 6 nitrogen and oxygen atoms in total. The minimum Gasteiger partial charge on any atom is -0.363 e. The highest BCUT2D eigenvalue weighted by atomic mass is 15.3. The molecular formula is C24H38N6. The summed E-state index contributed by atoms with van der Waals surface area (Å²) in [6, 6.07) is 10.5. The molecule has 2 aromatic rings. The lowest BCUT2D eigenvalue weighted by molar-refractivity contribution is 0.255. The van der Waals surface area contributed by atoms with Gasteiger partial charge in [0.25, 0.3) is 0 Å². The maximum atomic E-state index is 5.04. The Hall–Kier alpha value is -2.34. The van der Waals surface area contributed by atoms with E-state index in [4.69, 9.17) is 9.98 Å². The number of hydrogen-bond acceptors (Lipinski definition) is 4. The number of para-hydroxylation sites is 1. The first-order valence-electron chi connectivity index (χ1n) is 11.4. The number of pyridine rings is 1. The summed E-state index contributed by atoms with van der Waals surface area (Å²) in [5.41, 5.74) is 2.25. The van der Waals surface area contributed by atoms with E-state index in [1.54, 1.807) is 0 Å². The van der Waals surface area contributed by atoms with Gasteiger partial charge in [-0.05, 0) is 50.0 Å². The van der Waals surface area contributed by atoms with Crippen LogP contribution < -0.4 is 10.2 Å². The number of aliphatic imine (C=N–C) groups is 1. The van der Waals surface area contributed by atoms with Gasteiger partial charge >= 0.3 is 0 Å². The number of hydrogen-bond donors (Lipinski definition) is 1. The van der Waals surface area contributed by atoms with Gasteiger partial charge in [-0.2, -0.15) is 0 Å². The molecule has 1 aliphatic heterocycles. The summed E-state index contributed by atoms with van der Waals surface area (Å²) in [7, 11) is 4.07. The Morgan fingerprint density at radius 1 is 1.20 bits per heavy atom. The number of fused-ring (bicyclic) bond motifs is 1. The van der Waals surface area contributed by atoms with Gasteiger partial charge in [-0.3, -0.25) is 0 Å². The summed E-state index contributed by atoms with van der Waals surface area (Å²) >= 11 is 0. The van der Waals surface area contributed by atoms with Gasteiger partial charge in [0.15, 0.2) is 5.96 Å². The van der Waals surface area contributed by atoms with Crippen molar-refractivity contribution in [3.63, 3.8) is 0 Å². The van der Waals surface area contributed by atoms with Gasteiger partial charge in [0.1, 0.15) is 5.82 Å². The standard InChI is InChI=1S/C24H38N6/c1-6-25-24(30-14-13-19(18-30)17-29(7-2)8-3)26-16-20-15-23(28(4)5)27-22-12-10-9-11-21(20)22/h9-12,15,19H,6-8,13-14,16-18H2,1-5H3,(H,25,26). The van der Waals surface area contributed by atoms with Crippen molar-refractivity contribution in [3.05, 3.63) is 35.9 Å². The van der Waals surface area contributed by atoms with Crippen molar-refractivity contribution >= 4 is 22.7 Å². The molecule has 2 heterocycles. The van der Waals surface area contributed by atoms with Crippen molar-refractivity contribution in [2.24, 2.45) is 10.9 Å². The molecule has 1 unspecified atom stereocenters. The smallest absolute Gasteiger partial charge is 0.194 e. The highest BCUT2D eigenvalue weighted by Gasteiger charge is 2.26. The topological polar surface area (TPSA) is 47.0 Å². The Morgan fingerprint density at radius 3 is 2.67 bits per heavy atom. The average Bonchev–Trinajstić information content (AvgIpc) is 3.22. The largest absolute Gasteiger partial charge is 0.363 e. The molecule has 0 bridgehead atoms. The number of aromatic nitrogens is 1. The van der Waals surface area contributed by atoms with Crippen molar-refractivity contribution < 1.29 is 0 Å². The molecule has 0 spiro atoms. The molecule has 0 saturated carbocycles. The average molecular weight is 411 g/mol. The molecule has 0 radical (unpaired) electrons. The minimum atomic E-state index is 0.656. The third kappa shape index (κ3) is 5.42. The van der Waals surface area contributed by atoms with E-state index in [2.05, 4.69) is 65.1 Å². The summed E-state index contributed by atoms with van der Waals surface area (Å²) in [6.07, 6.45) is 1.24. The van der Waals surface area contributed by atoms with Gasteiger partial charge in [-0.1, -0.05) is 32.0 Å². The molecule has 1 aromatic carbocycles. The fraction of sp³-hybridized carbons (Fsp3) is 0.583. The highest BCUT2D eigenvalue weighted by Crippen LogP contribution is 2.23. The normalized spacial score (nSPS) is 17.2. The molecule has 0 aliphatic carbocycles. The highest BCUT2D eigenvalue weighted by molar-refractivity contribution is 5.85. The molecule has 164 valence electrons. The van der Waals surface area contributed by atoms with Crippen LogP contribution in [0.5, 0.6) is 0 Å². The maximum Gasteiger partial charge on any atom is 0.194 e. The van der Waals surface area contributed by atoms with Gasteiger partial charge < -0.3 is 20.0 Å². The molecule has 3 rings (SSSR count). The zero-order chi connectivity index (χ0) is 21.5. The molecule has 1 aliphatic rings. The first-order valence-corrected chi connectivity index (χ1v) is 11.4. The lowest BCUT2D eigenvalue weighted by Crippen LogP contribution is -2.40. The zero-order valence-electron chi connectivity index (χ0n) is 19.4. The third-order valence-electron chi connectivity index (χ3n) is 5.98. The molecule has 0 amide bonds. The predicted octanol–water partition coefficient (Wildman–Crippen LogP) is 3.43. The zero-order valence-corrected chi connectivity index (χ0v) is 19.4. The SMILES string of the molecule is CCNC(=NCc1cc(N(C)C)nc2ccccc12)N1CCC(CN(CC)CC)C1. The minimum absolute atomic E-state index is 0.656. The van der Waals surface area contributed by atoms with Gasteiger partial charge in [0.2, 0.25) is 0 Å². The number of benzene rings is 1. The van der Waals surface area contributed by atoms with E-state index in [9.17, 15) is 0 Å². The second-order valence-electron chi connectivity index (χ2n) is 8.31. The first kappa shape index (κ1) is 22.3. The van der Waals surface area contributed by atoms with E-state index in [-0.39, 0.29) is 0 Å². The van der Waals surface area contributed by atoms with Crippen molar-refractivity contribution in [2.75, 3.05) is 58.3 Å². The van der Waals surface area contributed by atoms with Gasteiger partial charge in [-0.25, -0.2) is 9.98 Å². The molecule has 1 fully saturated rings. The van der Waals surface area contributed by atoms with Crippen LogP contribution in [0.25, 0.3) is 10.9 Å². The van der Waals surface area contributed by atoms with Crippen LogP contribution in [-0.2, 0) is 6.54 Å². The molecule has 1 aromatic heterocycles. The molecule has 6 heteroatoms. The number of rotatable bonds is 8. The summed E-state index contributed by atoms with van der Waals surface area (Å²) in [6.45, 7) is 13.8. The van der Waals surface area contributed by atoms with Crippen LogP contribution in [0.3, 0.4) is 0 Å². The van der Waals surface area contributed by atoms with E-state index in [1.165, 1.54) is 23.9 Å². The van der Waals surface area contributed by atoms with Gasteiger partial charge in [0, 0.05) is 45.7 Å². The fourth-order valence-corrected chi connectivity index (χ4v) is 4.20. The van der Waals surface area contributed by atoms with Crippen molar-refractivity contribution in [1.29, 1.82) is 0 Å². The quantitative estimate of drug-likeness (QED) is 0.534. The van der Waals surface area contributed by atoms with Crippen molar-refractivity contribution in [2.45, 2.75) is 33.7 Å². The molecule has 1 N–H and O–H groups in total. The van der Waals surface area contributed by atoms with Crippen molar-refractivity contribution in [3.8, 4) is 0 Å². The van der Waals surface area contributed by atoms with Crippen LogP contribution >= 0.6 is 0 Å². The number of anilines is 1. The number of nitrogens with one attached hydrogen (secondary N) is 1. The second kappa shape index (κ2) is 10.6. The van der Waals surface area contributed by atoms with E-state index in [0.717, 1.165) is 55.9 Å². The molecule has 30 heavy (non-hydrogen) atoms. The number of nitrogens with zero attached hydrogens (tertiary/aromatic N) is 5. The van der Waals surface area contributed by atoms with Gasteiger partial charge in [-0.15, -0.1) is 0 Å². The van der Waals surface area contributed by atoms with Crippen molar-refractivity contribution in [1.82, 2.24) is 20.1 Å². The molecule has 1 saturated heterocycles. The molecule has 1 atom stereocenters. The second-order valence-corrected chi connectivity index (χ2v) is 8.31. The lowest BCUT2D eigenvalue weighted by atomic mass is 10.1. The molecular weight excluding hydrogens is 372 g/mol. The Balaban J connectivity index is 1.79. The Morgan fingerprint density at radius 2 is 1.97 bits per heavy atom. The Bertz CT molecular complexity index is 843.